The zero-order valence-electron chi connectivity index (χ0n) is 9.54. The minimum absolute atomic E-state index is 0.231. The fraction of sp³-hybridized carbons (Fsp3) is 0.417. The third-order valence-corrected chi connectivity index (χ3v) is 4.73. The van der Waals surface area contributed by atoms with Gasteiger partial charge in [-0.05, 0) is 31.0 Å². The van der Waals surface area contributed by atoms with Crippen LogP contribution in [0.25, 0.3) is 0 Å². The van der Waals surface area contributed by atoms with Crippen molar-refractivity contribution in [3.05, 3.63) is 28.7 Å². The van der Waals surface area contributed by atoms with E-state index in [9.17, 15) is 9.00 Å². The molecule has 1 N–H and O–H groups in total. The van der Waals surface area contributed by atoms with Crippen molar-refractivity contribution in [2.75, 3.05) is 5.75 Å². The van der Waals surface area contributed by atoms with E-state index < -0.39 is 22.9 Å². The molecule has 0 aliphatic carbocycles. The Morgan fingerprint density at radius 3 is 2.89 bits per heavy atom. The fourth-order valence-corrected chi connectivity index (χ4v) is 3.70. The van der Waals surface area contributed by atoms with E-state index >= 15 is 0 Å². The molecule has 1 aromatic carbocycles. The molecule has 3 atom stereocenters. The Balaban J connectivity index is 1.95. The first kappa shape index (κ1) is 13.7. The molecular weight excluding hydrogens is 320 g/mol. The maximum atomic E-state index is 12.1. The molecule has 0 spiro atoms. The molecule has 0 amide bonds. The summed E-state index contributed by atoms with van der Waals surface area (Å²) < 4.78 is 18.3. The molecule has 1 heterocycles. The summed E-state index contributed by atoms with van der Waals surface area (Å²) in [5.41, 5.74) is 0. The third-order valence-electron chi connectivity index (χ3n) is 2.78. The highest BCUT2D eigenvalue weighted by Gasteiger charge is 2.31. The van der Waals surface area contributed by atoms with Crippen molar-refractivity contribution in [1.82, 2.24) is 0 Å². The highest BCUT2D eigenvalue weighted by Crippen LogP contribution is 2.23. The molecule has 1 aromatic rings. The standard InChI is InChI=1S/C12H13BrO4S/c13-8-2-1-3-10(6-8)18(16)7-9-4-5-11(17-9)12(14)15/h1-3,6,9,11H,4-5,7H2,(H,14,15). The number of benzene rings is 1. The van der Waals surface area contributed by atoms with Crippen LogP contribution in [-0.4, -0.2) is 33.2 Å². The minimum Gasteiger partial charge on any atom is -0.479 e. The second-order valence-corrected chi connectivity index (χ2v) is 6.54. The highest BCUT2D eigenvalue weighted by atomic mass is 79.9. The summed E-state index contributed by atoms with van der Waals surface area (Å²) in [6, 6.07) is 7.30. The highest BCUT2D eigenvalue weighted by molar-refractivity contribution is 9.10. The number of aliphatic carboxylic acids is 1. The monoisotopic (exact) mass is 332 g/mol. The van der Waals surface area contributed by atoms with Gasteiger partial charge in [-0.25, -0.2) is 4.79 Å². The molecule has 0 radical (unpaired) electrons. The van der Waals surface area contributed by atoms with E-state index in [1.807, 2.05) is 12.1 Å². The van der Waals surface area contributed by atoms with Crippen molar-refractivity contribution >= 4 is 32.7 Å². The minimum atomic E-state index is -1.16. The molecule has 0 saturated carbocycles. The maximum Gasteiger partial charge on any atom is 0.332 e. The Bertz CT molecular complexity index is 477. The Kier molecular flexibility index (Phi) is 4.53. The van der Waals surface area contributed by atoms with Crippen LogP contribution in [0.5, 0.6) is 0 Å². The summed E-state index contributed by atoms with van der Waals surface area (Å²) in [7, 11) is -1.16. The van der Waals surface area contributed by atoms with Crippen LogP contribution >= 0.6 is 15.9 Å². The van der Waals surface area contributed by atoms with Crippen LogP contribution in [0.15, 0.2) is 33.6 Å². The Morgan fingerprint density at radius 2 is 2.28 bits per heavy atom. The number of hydrogen-bond acceptors (Lipinski definition) is 3. The van der Waals surface area contributed by atoms with Gasteiger partial charge in [-0.3, -0.25) is 4.21 Å². The molecule has 2 rings (SSSR count). The average molecular weight is 333 g/mol. The zero-order valence-corrected chi connectivity index (χ0v) is 11.9. The normalized spacial score (nSPS) is 24.9. The molecule has 1 aliphatic rings. The number of carboxylic acid groups (broad SMARTS) is 1. The van der Waals surface area contributed by atoms with Gasteiger partial charge in [-0.1, -0.05) is 22.0 Å². The van der Waals surface area contributed by atoms with Gasteiger partial charge in [0.2, 0.25) is 0 Å². The molecule has 18 heavy (non-hydrogen) atoms. The number of carboxylic acids is 1. The lowest BCUT2D eigenvalue weighted by Gasteiger charge is -2.11. The molecule has 6 heteroatoms. The van der Waals surface area contributed by atoms with E-state index in [-0.39, 0.29) is 6.10 Å². The molecule has 3 unspecified atom stereocenters. The van der Waals surface area contributed by atoms with Crippen molar-refractivity contribution in [3.8, 4) is 0 Å². The van der Waals surface area contributed by atoms with E-state index in [0.29, 0.717) is 18.6 Å². The SMILES string of the molecule is O=C(O)C1CCC(CS(=O)c2cccc(Br)c2)O1. The number of halogens is 1. The summed E-state index contributed by atoms with van der Waals surface area (Å²) in [5.74, 6) is -0.592. The molecule has 98 valence electrons. The van der Waals surface area contributed by atoms with Crippen molar-refractivity contribution < 1.29 is 18.8 Å². The van der Waals surface area contributed by atoms with Gasteiger partial charge < -0.3 is 9.84 Å². The van der Waals surface area contributed by atoms with Crippen LogP contribution in [0.1, 0.15) is 12.8 Å². The van der Waals surface area contributed by atoms with Crippen LogP contribution in [0.3, 0.4) is 0 Å². The Labute approximate surface area is 116 Å². The third kappa shape index (κ3) is 3.40. The molecular formula is C12H13BrO4S. The summed E-state index contributed by atoms with van der Waals surface area (Å²) >= 11 is 3.33. The van der Waals surface area contributed by atoms with E-state index in [1.165, 1.54) is 0 Å². The van der Waals surface area contributed by atoms with E-state index in [1.54, 1.807) is 12.1 Å². The van der Waals surface area contributed by atoms with E-state index in [4.69, 9.17) is 9.84 Å². The number of rotatable bonds is 4. The number of ether oxygens (including phenoxy) is 1. The molecule has 0 bridgehead atoms. The Hall–Kier alpha value is -0.720. The van der Waals surface area contributed by atoms with Gasteiger partial charge in [-0.2, -0.15) is 0 Å². The summed E-state index contributed by atoms with van der Waals surface area (Å²) in [5, 5.41) is 8.81. The quantitative estimate of drug-likeness (QED) is 0.917. The van der Waals surface area contributed by atoms with Gasteiger partial charge in [0.25, 0.3) is 0 Å². The van der Waals surface area contributed by atoms with E-state index in [2.05, 4.69) is 15.9 Å². The molecule has 1 aliphatic heterocycles. The lowest BCUT2D eigenvalue weighted by atomic mass is 10.2. The smallest absolute Gasteiger partial charge is 0.332 e. The lowest BCUT2D eigenvalue weighted by molar-refractivity contribution is -0.148. The summed E-state index contributed by atoms with van der Waals surface area (Å²) in [4.78, 5) is 11.5. The molecule has 1 fully saturated rings. The molecule has 1 saturated heterocycles. The first-order valence-electron chi connectivity index (χ1n) is 5.58. The van der Waals surface area contributed by atoms with Crippen molar-refractivity contribution in [2.24, 2.45) is 0 Å². The van der Waals surface area contributed by atoms with Gasteiger partial charge >= 0.3 is 5.97 Å². The first-order chi connectivity index (χ1) is 8.56. The van der Waals surface area contributed by atoms with Crippen molar-refractivity contribution in [2.45, 2.75) is 29.9 Å². The predicted octanol–water partition coefficient (Wildman–Crippen LogP) is 2.19. The lowest BCUT2D eigenvalue weighted by Crippen LogP contribution is -2.23. The summed E-state index contributed by atoms with van der Waals surface area (Å²) in [6.45, 7) is 0. The van der Waals surface area contributed by atoms with Gasteiger partial charge in [0.15, 0.2) is 6.10 Å². The van der Waals surface area contributed by atoms with Gasteiger partial charge in [0.1, 0.15) is 0 Å². The van der Waals surface area contributed by atoms with Crippen LogP contribution in [0.4, 0.5) is 0 Å². The number of carbonyl (C=O) groups is 1. The van der Waals surface area contributed by atoms with Crippen LogP contribution in [0.2, 0.25) is 0 Å². The van der Waals surface area contributed by atoms with Crippen molar-refractivity contribution in [1.29, 1.82) is 0 Å². The average Bonchev–Trinajstić information content (AvgIpc) is 2.77. The first-order valence-corrected chi connectivity index (χ1v) is 7.69. The van der Waals surface area contributed by atoms with Gasteiger partial charge in [0, 0.05) is 9.37 Å². The summed E-state index contributed by atoms with van der Waals surface area (Å²) in [6.07, 6.45) is 0.173. The second-order valence-electron chi connectivity index (χ2n) is 4.13. The van der Waals surface area contributed by atoms with Crippen LogP contribution < -0.4 is 0 Å². The van der Waals surface area contributed by atoms with E-state index in [0.717, 1.165) is 9.37 Å². The van der Waals surface area contributed by atoms with Gasteiger partial charge in [0.05, 0.1) is 22.7 Å². The largest absolute Gasteiger partial charge is 0.479 e. The maximum absolute atomic E-state index is 12.1. The van der Waals surface area contributed by atoms with Crippen molar-refractivity contribution in [3.63, 3.8) is 0 Å². The second kappa shape index (κ2) is 5.95. The molecule has 4 nitrogen and oxygen atoms in total. The Morgan fingerprint density at radius 1 is 1.50 bits per heavy atom. The predicted molar refractivity (Wildman–Crippen MR) is 70.9 cm³/mol. The van der Waals surface area contributed by atoms with Crippen LogP contribution in [-0.2, 0) is 20.3 Å². The molecule has 0 aromatic heterocycles. The van der Waals surface area contributed by atoms with Crippen LogP contribution in [0, 0.1) is 0 Å². The zero-order chi connectivity index (χ0) is 13.1. The fourth-order valence-electron chi connectivity index (χ4n) is 1.88. The topological polar surface area (TPSA) is 63.6 Å². The van der Waals surface area contributed by atoms with Gasteiger partial charge in [-0.15, -0.1) is 0 Å². The number of hydrogen-bond donors (Lipinski definition) is 1.